The van der Waals surface area contributed by atoms with Gasteiger partial charge in [0.1, 0.15) is 11.8 Å². The molecule has 1 aromatic rings. The zero-order chi connectivity index (χ0) is 10.7. The highest BCUT2D eigenvalue weighted by molar-refractivity contribution is 5.45. The summed E-state index contributed by atoms with van der Waals surface area (Å²) in [6, 6.07) is 5.73. The minimum Gasteiger partial charge on any atom is -0.385 e. The Kier molecular flexibility index (Phi) is 2.86. The first-order valence-electron chi connectivity index (χ1n) is 5.39. The van der Waals surface area contributed by atoms with E-state index in [1.54, 1.807) is 12.3 Å². The van der Waals surface area contributed by atoms with Crippen LogP contribution in [0.1, 0.15) is 25.5 Å². The Morgan fingerprint density at radius 3 is 3.13 bits per heavy atom. The van der Waals surface area contributed by atoms with Gasteiger partial charge < -0.3 is 5.32 Å². The molecule has 1 N–H and O–H groups in total. The van der Waals surface area contributed by atoms with Gasteiger partial charge in [-0.2, -0.15) is 5.26 Å². The van der Waals surface area contributed by atoms with Crippen molar-refractivity contribution < 1.29 is 0 Å². The number of nitrogens with one attached hydrogen (secondary N) is 1. The zero-order valence-electron chi connectivity index (χ0n) is 8.90. The molecule has 1 aliphatic carbocycles. The van der Waals surface area contributed by atoms with Gasteiger partial charge in [0.15, 0.2) is 0 Å². The van der Waals surface area contributed by atoms with Crippen molar-refractivity contribution in [3.05, 3.63) is 24.0 Å². The van der Waals surface area contributed by atoms with E-state index in [0.717, 1.165) is 24.1 Å². The van der Waals surface area contributed by atoms with Crippen molar-refractivity contribution >= 4 is 5.69 Å². The number of nitriles is 1. The molecule has 0 radical (unpaired) electrons. The van der Waals surface area contributed by atoms with Gasteiger partial charge in [0, 0.05) is 18.4 Å². The van der Waals surface area contributed by atoms with E-state index in [1.807, 2.05) is 12.1 Å². The molecule has 3 nitrogen and oxygen atoms in total. The maximum Gasteiger partial charge on any atom is 0.142 e. The second-order valence-corrected chi connectivity index (χ2v) is 4.24. The molecule has 1 fully saturated rings. The van der Waals surface area contributed by atoms with Gasteiger partial charge in [-0.15, -0.1) is 0 Å². The number of rotatable bonds is 4. The average molecular weight is 201 g/mol. The van der Waals surface area contributed by atoms with E-state index in [0.29, 0.717) is 5.69 Å². The summed E-state index contributed by atoms with van der Waals surface area (Å²) in [6.45, 7) is 3.26. The number of anilines is 1. The van der Waals surface area contributed by atoms with E-state index in [1.165, 1.54) is 12.8 Å². The minimum absolute atomic E-state index is 0.471. The second kappa shape index (κ2) is 4.31. The Bertz CT molecular complexity index is 377. The van der Waals surface area contributed by atoms with E-state index in [2.05, 4.69) is 17.2 Å². The minimum atomic E-state index is 0.471. The van der Waals surface area contributed by atoms with E-state index in [4.69, 9.17) is 5.26 Å². The van der Waals surface area contributed by atoms with E-state index in [-0.39, 0.29) is 0 Å². The number of pyridine rings is 1. The quantitative estimate of drug-likeness (QED) is 0.813. The Morgan fingerprint density at radius 1 is 1.67 bits per heavy atom. The first kappa shape index (κ1) is 9.97. The highest BCUT2D eigenvalue weighted by Gasteiger charge is 2.27. The fourth-order valence-corrected chi connectivity index (χ4v) is 1.71. The third kappa shape index (κ3) is 2.69. The third-order valence-electron chi connectivity index (χ3n) is 2.93. The molecule has 3 heteroatoms. The molecule has 0 aromatic carbocycles. The summed E-state index contributed by atoms with van der Waals surface area (Å²) in [5.41, 5.74) is 1.47. The standard InChI is InChI=1S/C12H15N3/c1-9(10-2-3-10)8-15-11-4-5-14-12(6-11)7-13/h4-6,9-10H,2-3,8H2,1H3,(H,14,15). The Labute approximate surface area is 90.1 Å². The number of nitrogens with zero attached hydrogens (tertiary/aromatic N) is 2. The van der Waals surface area contributed by atoms with Crippen LogP contribution in [0.3, 0.4) is 0 Å². The number of aromatic nitrogens is 1. The molecule has 0 saturated heterocycles. The Balaban J connectivity index is 1.89. The molecule has 2 rings (SSSR count). The lowest BCUT2D eigenvalue weighted by Crippen LogP contribution is -2.12. The van der Waals surface area contributed by atoms with Crippen LogP contribution in [-0.2, 0) is 0 Å². The van der Waals surface area contributed by atoms with Crippen LogP contribution in [0, 0.1) is 23.2 Å². The van der Waals surface area contributed by atoms with Gasteiger partial charge >= 0.3 is 0 Å². The van der Waals surface area contributed by atoms with Crippen LogP contribution in [0.25, 0.3) is 0 Å². The molecule has 0 aliphatic heterocycles. The first-order chi connectivity index (χ1) is 7.29. The summed E-state index contributed by atoms with van der Waals surface area (Å²) in [7, 11) is 0. The highest BCUT2D eigenvalue weighted by atomic mass is 14.9. The molecule has 1 aromatic heterocycles. The number of hydrogen-bond donors (Lipinski definition) is 1. The second-order valence-electron chi connectivity index (χ2n) is 4.24. The summed E-state index contributed by atoms with van der Waals surface area (Å²) in [4.78, 5) is 3.93. The molecule has 0 spiro atoms. The largest absolute Gasteiger partial charge is 0.385 e. The van der Waals surface area contributed by atoms with Gasteiger partial charge in [0.2, 0.25) is 0 Å². The maximum atomic E-state index is 8.70. The van der Waals surface area contributed by atoms with Crippen molar-refractivity contribution in [2.75, 3.05) is 11.9 Å². The normalized spacial score (nSPS) is 16.8. The summed E-state index contributed by atoms with van der Waals surface area (Å²) < 4.78 is 0. The van der Waals surface area contributed by atoms with E-state index >= 15 is 0 Å². The summed E-state index contributed by atoms with van der Waals surface area (Å²) >= 11 is 0. The smallest absolute Gasteiger partial charge is 0.142 e. The average Bonchev–Trinajstić information content (AvgIpc) is 3.10. The van der Waals surface area contributed by atoms with Crippen molar-refractivity contribution in [2.45, 2.75) is 19.8 Å². The first-order valence-corrected chi connectivity index (χ1v) is 5.39. The van der Waals surface area contributed by atoms with Gasteiger partial charge in [0.25, 0.3) is 0 Å². The monoisotopic (exact) mass is 201 g/mol. The van der Waals surface area contributed by atoms with Gasteiger partial charge in [0.05, 0.1) is 0 Å². The van der Waals surface area contributed by atoms with Crippen molar-refractivity contribution in [3.8, 4) is 6.07 Å². The van der Waals surface area contributed by atoms with Crippen molar-refractivity contribution in [2.24, 2.45) is 11.8 Å². The number of hydrogen-bond acceptors (Lipinski definition) is 3. The molecular weight excluding hydrogens is 186 g/mol. The fourth-order valence-electron chi connectivity index (χ4n) is 1.71. The Hall–Kier alpha value is -1.56. The predicted molar refractivity (Wildman–Crippen MR) is 59.3 cm³/mol. The van der Waals surface area contributed by atoms with Crippen LogP contribution in [0.5, 0.6) is 0 Å². The molecule has 1 saturated carbocycles. The molecule has 15 heavy (non-hydrogen) atoms. The van der Waals surface area contributed by atoms with Crippen molar-refractivity contribution in [1.29, 1.82) is 5.26 Å². The SMILES string of the molecule is CC(CNc1ccnc(C#N)c1)C1CC1. The van der Waals surface area contributed by atoms with Crippen LogP contribution in [-0.4, -0.2) is 11.5 Å². The maximum absolute atomic E-state index is 8.70. The lowest BCUT2D eigenvalue weighted by Gasteiger charge is -2.12. The molecule has 1 heterocycles. The lowest BCUT2D eigenvalue weighted by atomic mass is 10.1. The molecule has 78 valence electrons. The van der Waals surface area contributed by atoms with Gasteiger partial charge in [-0.3, -0.25) is 0 Å². The summed E-state index contributed by atoms with van der Waals surface area (Å²) in [6.07, 6.45) is 4.42. The van der Waals surface area contributed by atoms with Crippen LogP contribution in [0.15, 0.2) is 18.3 Å². The summed E-state index contributed by atoms with van der Waals surface area (Å²) in [5.74, 6) is 1.64. The fraction of sp³-hybridized carbons (Fsp3) is 0.500. The molecular formula is C12H15N3. The zero-order valence-corrected chi connectivity index (χ0v) is 8.90. The Morgan fingerprint density at radius 2 is 2.47 bits per heavy atom. The van der Waals surface area contributed by atoms with E-state index < -0.39 is 0 Å². The molecule has 1 aliphatic rings. The third-order valence-corrected chi connectivity index (χ3v) is 2.93. The lowest BCUT2D eigenvalue weighted by molar-refractivity contribution is 0.536. The predicted octanol–water partition coefficient (Wildman–Crippen LogP) is 2.41. The van der Waals surface area contributed by atoms with Crippen molar-refractivity contribution in [3.63, 3.8) is 0 Å². The van der Waals surface area contributed by atoms with Gasteiger partial charge in [-0.25, -0.2) is 4.98 Å². The van der Waals surface area contributed by atoms with Crippen LogP contribution < -0.4 is 5.32 Å². The van der Waals surface area contributed by atoms with E-state index in [9.17, 15) is 0 Å². The molecule has 1 unspecified atom stereocenters. The topological polar surface area (TPSA) is 48.7 Å². The summed E-state index contributed by atoms with van der Waals surface area (Å²) in [5, 5.41) is 12.0. The van der Waals surface area contributed by atoms with Crippen LogP contribution in [0.2, 0.25) is 0 Å². The van der Waals surface area contributed by atoms with Crippen LogP contribution >= 0.6 is 0 Å². The van der Waals surface area contributed by atoms with Crippen LogP contribution in [0.4, 0.5) is 5.69 Å². The van der Waals surface area contributed by atoms with Gasteiger partial charge in [-0.05, 0) is 36.8 Å². The molecule has 0 amide bonds. The molecule has 1 atom stereocenters. The molecule has 0 bridgehead atoms. The van der Waals surface area contributed by atoms with Gasteiger partial charge in [-0.1, -0.05) is 6.92 Å². The van der Waals surface area contributed by atoms with Crippen molar-refractivity contribution in [1.82, 2.24) is 4.98 Å². The highest BCUT2D eigenvalue weighted by Crippen LogP contribution is 2.36.